The van der Waals surface area contributed by atoms with Crippen LogP contribution in [0.3, 0.4) is 0 Å². The molecule has 2 aromatic rings. The number of hydrogen-bond donors (Lipinski definition) is 0. The molecule has 0 unspecified atom stereocenters. The van der Waals surface area contributed by atoms with E-state index in [1.807, 2.05) is 18.2 Å². The summed E-state index contributed by atoms with van der Waals surface area (Å²) in [4.78, 5) is 10.7. The van der Waals surface area contributed by atoms with E-state index in [9.17, 15) is 9.18 Å². The van der Waals surface area contributed by atoms with Crippen molar-refractivity contribution in [2.75, 3.05) is 0 Å². The topological polar surface area (TPSA) is 17.1 Å². The molecule has 1 aliphatic rings. The third-order valence-electron chi connectivity index (χ3n) is 3.93. The Balaban J connectivity index is 2.08. The zero-order chi connectivity index (χ0) is 13.2. The van der Waals surface area contributed by atoms with Crippen LogP contribution >= 0.6 is 0 Å². The minimum Gasteiger partial charge on any atom is -0.298 e. The molecule has 0 spiro atoms. The average molecular weight is 254 g/mol. The molecule has 19 heavy (non-hydrogen) atoms. The van der Waals surface area contributed by atoms with Crippen LogP contribution in [0.15, 0.2) is 42.5 Å². The van der Waals surface area contributed by atoms with E-state index in [2.05, 4.69) is 6.07 Å². The van der Waals surface area contributed by atoms with Gasteiger partial charge >= 0.3 is 0 Å². The van der Waals surface area contributed by atoms with Crippen LogP contribution in [0.4, 0.5) is 4.39 Å². The lowest BCUT2D eigenvalue weighted by Crippen LogP contribution is -2.10. The van der Waals surface area contributed by atoms with Gasteiger partial charge in [0.25, 0.3) is 0 Å². The van der Waals surface area contributed by atoms with E-state index >= 15 is 0 Å². The van der Waals surface area contributed by atoms with Crippen LogP contribution < -0.4 is 0 Å². The Hall–Kier alpha value is -1.96. The zero-order valence-electron chi connectivity index (χ0n) is 10.6. The van der Waals surface area contributed by atoms with Crippen LogP contribution in [0, 0.1) is 5.82 Å². The summed E-state index contributed by atoms with van der Waals surface area (Å²) in [5.74, 6) is 0.234. The number of carbonyl (C=O) groups is 1. The Kier molecular flexibility index (Phi) is 3.16. The Labute approximate surface area is 112 Å². The highest BCUT2D eigenvalue weighted by Crippen LogP contribution is 2.41. The molecule has 0 bridgehead atoms. The second-order valence-electron chi connectivity index (χ2n) is 5.07. The van der Waals surface area contributed by atoms with Gasteiger partial charge < -0.3 is 0 Å². The van der Waals surface area contributed by atoms with E-state index in [0.29, 0.717) is 23.3 Å². The first kappa shape index (κ1) is 12.1. The first-order valence-corrected chi connectivity index (χ1v) is 6.63. The van der Waals surface area contributed by atoms with Crippen LogP contribution in [-0.2, 0) is 0 Å². The van der Waals surface area contributed by atoms with Gasteiger partial charge in [0.05, 0.1) is 0 Å². The summed E-state index contributed by atoms with van der Waals surface area (Å²) in [5, 5.41) is 0. The van der Waals surface area contributed by atoms with Gasteiger partial charge in [-0.3, -0.25) is 4.79 Å². The van der Waals surface area contributed by atoms with Crippen LogP contribution in [0.5, 0.6) is 0 Å². The summed E-state index contributed by atoms with van der Waals surface area (Å²) < 4.78 is 14.1. The van der Waals surface area contributed by atoms with Crippen molar-refractivity contribution < 1.29 is 9.18 Å². The standard InChI is InChI=1S/C17H15FO/c18-17-10-12(11-19)8-9-16(17)15-7-2-1-6-14(15)13-4-3-5-13/h1-2,6-11,13H,3-5H2. The molecule has 3 rings (SSSR count). The molecule has 1 saturated carbocycles. The molecule has 1 fully saturated rings. The molecule has 0 atom stereocenters. The number of aldehydes is 1. The summed E-state index contributed by atoms with van der Waals surface area (Å²) in [6, 6.07) is 12.7. The first-order chi connectivity index (χ1) is 9.29. The summed E-state index contributed by atoms with van der Waals surface area (Å²) in [5.41, 5.74) is 3.16. The van der Waals surface area contributed by atoms with Gasteiger partial charge in [0.15, 0.2) is 0 Å². The van der Waals surface area contributed by atoms with Gasteiger partial charge in [-0.25, -0.2) is 4.39 Å². The molecule has 0 N–H and O–H groups in total. The molecule has 96 valence electrons. The van der Waals surface area contributed by atoms with Crippen LogP contribution in [0.2, 0.25) is 0 Å². The lowest BCUT2D eigenvalue weighted by Gasteiger charge is -2.28. The number of rotatable bonds is 3. The summed E-state index contributed by atoms with van der Waals surface area (Å²) in [6.07, 6.45) is 4.30. The Morgan fingerprint density at radius 1 is 1.05 bits per heavy atom. The molecule has 0 saturated heterocycles. The van der Waals surface area contributed by atoms with Gasteiger partial charge in [-0.15, -0.1) is 0 Å². The normalized spacial score (nSPS) is 15.0. The molecule has 0 aromatic heterocycles. The SMILES string of the molecule is O=Cc1ccc(-c2ccccc2C2CCC2)c(F)c1. The first-order valence-electron chi connectivity index (χ1n) is 6.63. The van der Waals surface area contributed by atoms with E-state index in [-0.39, 0.29) is 5.82 Å². The van der Waals surface area contributed by atoms with Crippen molar-refractivity contribution in [3.05, 3.63) is 59.4 Å². The molecule has 0 heterocycles. The third-order valence-corrected chi connectivity index (χ3v) is 3.93. The van der Waals surface area contributed by atoms with Crippen molar-refractivity contribution in [1.29, 1.82) is 0 Å². The van der Waals surface area contributed by atoms with Crippen LogP contribution in [0.1, 0.15) is 41.1 Å². The van der Waals surface area contributed by atoms with E-state index in [1.54, 1.807) is 12.1 Å². The van der Waals surface area contributed by atoms with Crippen molar-refractivity contribution in [1.82, 2.24) is 0 Å². The molecule has 2 aromatic carbocycles. The highest BCUT2D eigenvalue weighted by Gasteiger charge is 2.23. The largest absolute Gasteiger partial charge is 0.298 e. The molecule has 0 radical (unpaired) electrons. The number of carbonyl (C=O) groups excluding carboxylic acids is 1. The number of benzene rings is 2. The fourth-order valence-corrected chi connectivity index (χ4v) is 2.64. The summed E-state index contributed by atoms with van der Waals surface area (Å²) in [6.45, 7) is 0. The van der Waals surface area contributed by atoms with Gasteiger partial charge in [-0.05, 0) is 36.0 Å². The zero-order valence-corrected chi connectivity index (χ0v) is 10.6. The molecule has 0 aliphatic heterocycles. The molecule has 1 nitrogen and oxygen atoms in total. The number of hydrogen-bond acceptors (Lipinski definition) is 1. The van der Waals surface area contributed by atoms with Crippen molar-refractivity contribution >= 4 is 6.29 Å². The second-order valence-corrected chi connectivity index (χ2v) is 5.07. The minimum absolute atomic E-state index is 0.323. The third kappa shape index (κ3) is 2.19. The second kappa shape index (κ2) is 4.96. The molecular formula is C17H15FO. The Morgan fingerprint density at radius 2 is 1.84 bits per heavy atom. The highest BCUT2D eigenvalue weighted by molar-refractivity contribution is 5.78. The van der Waals surface area contributed by atoms with E-state index < -0.39 is 0 Å². The maximum atomic E-state index is 14.1. The predicted molar refractivity (Wildman–Crippen MR) is 73.8 cm³/mol. The number of halogens is 1. The quantitative estimate of drug-likeness (QED) is 0.733. The van der Waals surface area contributed by atoms with Gasteiger partial charge in [-0.2, -0.15) is 0 Å². The van der Waals surface area contributed by atoms with Crippen molar-refractivity contribution in [3.63, 3.8) is 0 Å². The highest BCUT2D eigenvalue weighted by atomic mass is 19.1. The van der Waals surface area contributed by atoms with Gasteiger partial charge in [0.2, 0.25) is 0 Å². The van der Waals surface area contributed by atoms with Crippen molar-refractivity contribution in [2.45, 2.75) is 25.2 Å². The Morgan fingerprint density at radius 3 is 2.47 bits per heavy atom. The fourth-order valence-electron chi connectivity index (χ4n) is 2.64. The van der Waals surface area contributed by atoms with Crippen molar-refractivity contribution in [3.8, 4) is 11.1 Å². The maximum absolute atomic E-state index is 14.1. The maximum Gasteiger partial charge on any atom is 0.150 e. The summed E-state index contributed by atoms with van der Waals surface area (Å²) in [7, 11) is 0. The van der Waals surface area contributed by atoms with E-state index in [1.165, 1.54) is 30.9 Å². The fraction of sp³-hybridized carbons (Fsp3) is 0.235. The lowest BCUT2D eigenvalue weighted by atomic mass is 9.77. The molecule has 1 aliphatic carbocycles. The van der Waals surface area contributed by atoms with E-state index in [0.717, 1.165) is 5.56 Å². The average Bonchev–Trinajstić information content (AvgIpc) is 2.37. The van der Waals surface area contributed by atoms with Crippen LogP contribution in [-0.4, -0.2) is 6.29 Å². The monoisotopic (exact) mass is 254 g/mol. The van der Waals surface area contributed by atoms with Gasteiger partial charge in [0, 0.05) is 11.1 Å². The van der Waals surface area contributed by atoms with Crippen molar-refractivity contribution in [2.24, 2.45) is 0 Å². The summed E-state index contributed by atoms with van der Waals surface area (Å²) >= 11 is 0. The molecular weight excluding hydrogens is 239 g/mol. The lowest BCUT2D eigenvalue weighted by molar-refractivity contribution is 0.112. The Bertz CT molecular complexity index is 614. The molecule has 0 amide bonds. The van der Waals surface area contributed by atoms with Gasteiger partial charge in [-0.1, -0.05) is 42.8 Å². The predicted octanol–water partition coefficient (Wildman–Crippen LogP) is 4.57. The minimum atomic E-state index is -0.323. The molecule has 2 heteroatoms. The smallest absolute Gasteiger partial charge is 0.150 e. The van der Waals surface area contributed by atoms with Gasteiger partial charge in [0.1, 0.15) is 12.1 Å². The van der Waals surface area contributed by atoms with Crippen LogP contribution in [0.25, 0.3) is 11.1 Å². The van der Waals surface area contributed by atoms with E-state index in [4.69, 9.17) is 0 Å².